The SMILES string of the molecule is OCC(N(Cc1ccccc1)Cc1ccccc1)C1(OCc2ccccc2)CC1. The zero-order chi connectivity index (χ0) is 19.9. The Balaban J connectivity index is 1.53. The maximum absolute atomic E-state index is 10.4. The van der Waals surface area contributed by atoms with Crippen molar-refractivity contribution < 1.29 is 9.84 Å². The lowest BCUT2D eigenvalue weighted by Crippen LogP contribution is -2.48. The number of hydrogen-bond acceptors (Lipinski definition) is 3. The van der Waals surface area contributed by atoms with Crippen molar-refractivity contribution in [3.8, 4) is 0 Å². The highest BCUT2D eigenvalue weighted by atomic mass is 16.5. The summed E-state index contributed by atoms with van der Waals surface area (Å²) in [5.41, 5.74) is 3.41. The second-order valence-corrected chi connectivity index (χ2v) is 7.91. The van der Waals surface area contributed by atoms with Crippen molar-refractivity contribution >= 4 is 0 Å². The van der Waals surface area contributed by atoms with Crippen LogP contribution in [-0.4, -0.2) is 28.3 Å². The van der Waals surface area contributed by atoms with Crippen LogP contribution in [-0.2, 0) is 24.4 Å². The first-order chi connectivity index (χ1) is 14.3. The fraction of sp³-hybridized carbons (Fsp3) is 0.308. The predicted molar refractivity (Wildman–Crippen MR) is 116 cm³/mol. The molecule has 0 spiro atoms. The molecule has 1 aliphatic carbocycles. The lowest BCUT2D eigenvalue weighted by molar-refractivity contribution is -0.0656. The van der Waals surface area contributed by atoms with E-state index in [-0.39, 0.29) is 18.2 Å². The molecule has 1 N–H and O–H groups in total. The summed E-state index contributed by atoms with van der Waals surface area (Å²) < 4.78 is 6.43. The first-order valence-electron chi connectivity index (χ1n) is 10.4. The third-order valence-electron chi connectivity index (χ3n) is 5.79. The summed E-state index contributed by atoms with van der Waals surface area (Å²) in [5.74, 6) is 0. The number of nitrogens with zero attached hydrogens (tertiary/aromatic N) is 1. The Bertz CT molecular complexity index is 821. The van der Waals surface area contributed by atoms with E-state index in [9.17, 15) is 5.11 Å². The zero-order valence-corrected chi connectivity index (χ0v) is 16.8. The Morgan fingerprint density at radius 3 is 1.59 bits per heavy atom. The summed E-state index contributed by atoms with van der Waals surface area (Å²) >= 11 is 0. The van der Waals surface area contributed by atoms with E-state index in [0.29, 0.717) is 6.61 Å². The van der Waals surface area contributed by atoms with E-state index in [1.165, 1.54) is 16.7 Å². The number of benzene rings is 3. The molecule has 1 aliphatic rings. The van der Waals surface area contributed by atoms with Crippen molar-refractivity contribution in [2.75, 3.05) is 6.61 Å². The minimum atomic E-state index is -0.270. The molecular weight excluding hydrogens is 358 g/mol. The minimum Gasteiger partial charge on any atom is -0.395 e. The molecule has 0 heterocycles. The van der Waals surface area contributed by atoms with Crippen LogP contribution in [0.2, 0.25) is 0 Å². The van der Waals surface area contributed by atoms with E-state index >= 15 is 0 Å². The highest BCUT2D eigenvalue weighted by Crippen LogP contribution is 2.46. The molecule has 1 fully saturated rings. The summed E-state index contributed by atoms with van der Waals surface area (Å²) in [6.45, 7) is 2.26. The molecule has 0 aromatic heterocycles. The van der Waals surface area contributed by atoms with E-state index in [0.717, 1.165) is 25.9 Å². The van der Waals surface area contributed by atoms with Crippen LogP contribution < -0.4 is 0 Å². The molecule has 1 atom stereocenters. The van der Waals surface area contributed by atoms with Gasteiger partial charge in [0.05, 0.1) is 24.9 Å². The van der Waals surface area contributed by atoms with Crippen LogP contribution >= 0.6 is 0 Å². The summed E-state index contributed by atoms with van der Waals surface area (Å²) in [7, 11) is 0. The summed E-state index contributed by atoms with van der Waals surface area (Å²) in [6.07, 6.45) is 1.98. The molecule has 3 aromatic rings. The van der Waals surface area contributed by atoms with Crippen molar-refractivity contribution in [1.29, 1.82) is 0 Å². The molecular formula is C26H29NO2. The largest absolute Gasteiger partial charge is 0.395 e. The van der Waals surface area contributed by atoms with Gasteiger partial charge in [-0.3, -0.25) is 4.90 Å². The molecule has 0 aliphatic heterocycles. The Kier molecular flexibility index (Phi) is 6.40. The first-order valence-corrected chi connectivity index (χ1v) is 10.4. The van der Waals surface area contributed by atoms with E-state index in [2.05, 4.69) is 65.6 Å². The zero-order valence-electron chi connectivity index (χ0n) is 16.8. The van der Waals surface area contributed by atoms with Crippen LogP contribution in [0, 0.1) is 0 Å². The van der Waals surface area contributed by atoms with E-state index in [1.54, 1.807) is 0 Å². The van der Waals surface area contributed by atoms with Gasteiger partial charge in [0.2, 0.25) is 0 Å². The summed E-state index contributed by atoms with van der Waals surface area (Å²) in [6, 6.07) is 31.2. The van der Waals surface area contributed by atoms with Crippen molar-refractivity contribution in [3.63, 3.8) is 0 Å². The lowest BCUT2D eigenvalue weighted by atomic mass is 10.0. The van der Waals surface area contributed by atoms with Crippen molar-refractivity contribution in [3.05, 3.63) is 108 Å². The number of aliphatic hydroxyl groups excluding tert-OH is 1. The van der Waals surface area contributed by atoms with Gasteiger partial charge in [-0.15, -0.1) is 0 Å². The van der Waals surface area contributed by atoms with Gasteiger partial charge in [-0.05, 0) is 29.5 Å². The molecule has 150 valence electrons. The normalized spacial score (nSPS) is 15.9. The van der Waals surface area contributed by atoms with Crippen molar-refractivity contribution in [1.82, 2.24) is 4.90 Å². The standard InChI is InChI=1S/C26H29NO2/c28-20-25(26(16-17-26)29-21-24-14-8-3-9-15-24)27(18-22-10-4-1-5-11-22)19-23-12-6-2-7-13-23/h1-15,25,28H,16-21H2. The van der Waals surface area contributed by atoms with Gasteiger partial charge in [0.1, 0.15) is 0 Å². The Hall–Kier alpha value is -2.46. The molecule has 0 amide bonds. The molecule has 4 rings (SSSR count). The second kappa shape index (κ2) is 9.36. The third kappa shape index (κ3) is 5.13. The van der Waals surface area contributed by atoms with Crippen LogP contribution in [0.5, 0.6) is 0 Å². The van der Waals surface area contributed by atoms with E-state index in [4.69, 9.17) is 4.74 Å². The molecule has 3 aromatic carbocycles. The molecule has 0 saturated heterocycles. The second-order valence-electron chi connectivity index (χ2n) is 7.91. The molecule has 29 heavy (non-hydrogen) atoms. The average molecular weight is 388 g/mol. The van der Waals surface area contributed by atoms with Crippen LogP contribution in [0.4, 0.5) is 0 Å². The fourth-order valence-corrected chi connectivity index (χ4v) is 4.02. The van der Waals surface area contributed by atoms with Gasteiger partial charge in [0.25, 0.3) is 0 Å². The van der Waals surface area contributed by atoms with Gasteiger partial charge in [-0.2, -0.15) is 0 Å². The van der Waals surface area contributed by atoms with Gasteiger partial charge in [-0.25, -0.2) is 0 Å². The fourth-order valence-electron chi connectivity index (χ4n) is 4.02. The highest BCUT2D eigenvalue weighted by Gasteiger charge is 2.52. The van der Waals surface area contributed by atoms with Crippen molar-refractivity contribution in [2.45, 2.75) is 44.2 Å². The van der Waals surface area contributed by atoms with Gasteiger partial charge in [0.15, 0.2) is 0 Å². The molecule has 3 nitrogen and oxygen atoms in total. The smallest absolute Gasteiger partial charge is 0.0866 e. The molecule has 0 bridgehead atoms. The van der Waals surface area contributed by atoms with Crippen LogP contribution in [0.1, 0.15) is 29.5 Å². The molecule has 3 heteroatoms. The topological polar surface area (TPSA) is 32.7 Å². The Labute approximate surface area is 173 Å². The quantitative estimate of drug-likeness (QED) is 0.542. The van der Waals surface area contributed by atoms with Crippen LogP contribution in [0.25, 0.3) is 0 Å². The van der Waals surface area contributed by atoms with Gasteiger partial charge in [0, 0.05) is 13.1 Å². The lowest BCUT2D eigenvalue weighted by Gasteiger charge is -2.36. The van der Waals surface area contributed by atoms with E-state index in [1.807, 2.05) is 30.3 Å². The summed E-state index contributed by atoms with van der Waals surface area (Å²) in [5, 5.41) is 10.4. The number of rotatable bonds is 10. The third-order valence-corrected chi connectivity index (χ3v) is 5.79. The van der Waals surface area contributed by atoms with Crippen molar-refractivity contribution in [2.24, 2.45) is 0 Å². The van der Waals surface area contributed by atoms with Gasteiger partial charge < -0.3 is 9.84 Å². The maximum Gasteiger partial charge on any atom is 0.0866 e. The summed E-state index contributed by atoms with van der Waals surface area (Å²) in [4.78, 5) is 2.38. The highest BCUT2D eigenvalue weighted by molar-refractivity contribution is 5.19. The van der Waals surface area contributed by atoms with Crippen LogP contribution in [0.3, 0.4) is 0 Å². The number of hydrogen-bond donors (Lipinski definition) is 1. The Morgan fingerprint density at radius 2 is 1.17 bits per heavy atom. The molecule has 0 radical (unpaired) electrons. The molecule has 1 saturated carbocycles. The first kappa shape index (κ1) is 19.8. The van der Waals surface area contributed by atoms with Crippen LogP contribution in [0.15, 0.2) is 91.0 Å². The minimum absolute atomic E-state index is 0.0355. The monoisotopic (exact) mass is 387 g/mol. The average Bonchev–Trinajstić information content (AvgIpc) is 3.56. The number of ether oxygens (including phenoxy) is 1. The molecule has 1 unspecified atom stereocenters. The van der Waals surface area contributed by atoms with Gasteiger partial charge in [-0.1, -0.05) is 91.0 Å². The maximum atomic E-state index is 10.4. The Morgan fingerprint density at radius 1 is 0.724 bits per heavy atom. The number of aliphatic hydroxyl groups is 1. The van der Waals surface area contributed by atoms with Gasteiger partial charge >= 0.3 is 0 Å². The van der Waals surface area contributed by atoms with E-state index < -0.39 is 0 Å². The predicted octanol–water partition coefficient (Wildman–Crippen LogP) is 4.80.